The molecule has 1 heterocycles. The van der Waals surface area contributed by atoms with Crippen LogP contribution >= 0.6 is 0 Å². The molecule has 3 rings (SSSR count). The molecule has 0 radical (unpaired) electrons. The van der Waals surface area contributed by atoms with Gasteiger partial charge in [-0.05, 0) is 49.7 Å². The normalized spacial score (nSPS) is 27.6. The Kier molecular flexibility index (Phi) is 3.90. The summed E-state index contributed by atoms with van der Waals surface area (Å²) < 4.78 is 0. The molecule has 0 aliphatic heterocycles. The third-order valence-electron chi connectivity index (χ3n) is 4.64. The van der Waals surface area contributed by atoms with Crippen LogP contribution in [-0.4, -0.2) is 23.5 Å². The zero-order valence-electron chi connectivity index (χ0n) is 12.1. The van der Waals surface area contributed by atoms with Crippen LogP contribution < -0.4 is 10.6 Å². The number of rotatable bonds is 5. The predicted molar refractivity (Wildman–Crippen MR) is 79.7 cm³/mol. The Morgan fingerprint density at radius 3 is 2.85 bits per heavy atom. The summed E-state index contributed by atoms with van der Waals surface area (Å²) in [5, 5.41) is 6.40. The summed E-state index contributed by atoms with van der Waals surface area (Å²) in [7, 11) is 0. The van der Waals surface area contributed by atoms with Crippen molar-refractivity contribution in [2.45, 2.75) is 45.1 Å². The number of hydrogen-bond donors (Lipinski definition) is 2. The van der Waals surface area contributed by atoms with Crippen molar-refractivity contribution in [3.8, 4) is 0 Å². The zero-order valence-corrected chi connectivity index (χ0v) is 12.1. The summed E-state index contributed by atoms with van der Waals surface area (Å²) >= 11 is 0. The predicted octanol–water partition coefficient (Wildman–Crippen LogP) is 2.82. The molecule has 2 fully saturated rings. The minimum atomic E-state index is 0.0251. The fourth-order valence-corrected chi connectivity index (χ4v) is 3.56. The van der Waals surface area contributed by atoms with Crippen molar-refractivity contribution in [1.29, 1.82) is 0 Å². The first kappa shape index (κ1) is 13.4. The van der Waals surface area contributed by atoms with Crippen molar-refractivity contribution in [1.82, 2.24) is 10.3 Å². The van der Waals surface area contributed by atoms with Gasteiger partial charge < -0.3 is 10.6 Å². The standard InChI is InChI=1S/C16H23N3O/c1-2-7-17-15-6-5-13(10-18-15)16(20)19-14-9-11-3-4-12(14)8-11/h5-6,10-12,14H,2-4,7-9H2,1H3,(H,17,18)(H,19,20). The maximum absolute atomic E-state index is 12.2. The second-order valence-corrected chi connectivity index (χ2v) is 6.11. The monoisotopic (exact) mass is 273 g/mol. The van der Waals surface area contributed by atoms with Crippen molar-refractivity contribution in [3.63, 3.8) is 0 Å². The molecule has 108 valence electrons. The fourth-order valence-electron chi connectivity index (χ4n) is 3.56. The molecule has 1 aromatic rings. The van der Waals surface area contributed by atoms with Crippen LogP contribution in [0, 0.1) is 11.8 Å². The molecule has 2 saturated carbocycles. The maximum Gasteiger partial charge on any atom is 0.253 e. The van der Waals surface area contributed by atoms with Gasteiger partial charge in [-0.2, -0.15) is 0 Å². The van der Waals surface area contributed by atoms with Crippen LogP contribution in [0.25, 0.3) is 0 Å². The number of hydrogen-bond acceptors (Lipinski definition) is 3. The van der Waals surface area contributed by atoms with E-state index in [0.29, 0.717) is 17.5 Å². The largest absolute Gasteiger partial charge is 0.370 e. The van der Waals surface area contributed by atoms with E-state index in [1.165, 1.54) is 25.7 Å². The van der Waals surface area contributed by atoms with Crippen LogP contribution in [0.3, 0.4) is 0 Å². The van der Waals surface area contributed by atoms with E-state index in [0.717, 1.165) is 24.7 Å². The maximum atomic E-state index is 12.2. The Labute approximate surface area is 120 Å². The molecule has 4 nitrogen and oxygen atoms in total. The molecule has 1 amide bonds. The highest BCUT2D eigenvalue weighted by molar-refractivity contribution is 5.94. The summed E-state index contributed by atoms with van der Waals surface area (Å²) in [6.45, 7) is 3.02. The van der Waals surface area contributed by atoms with Gasteiger partial charge in [0.25, 0.3) is 5.91 Å². The van der Waals surface area contributed by atoms with Crippen molar-refractivity contribution < 1.29 is 4.79 Å². The Balaban J connectivity index is 1.57. The van der Waals surface area contributed by atoms with Gasteiger partial charge in [-0.3, -0.25) is 4.79 Å². The second-order valence-electron chi connectivity index (χ2n) is 6.11. The first-order valence-corrected chi connectivity index (χ1v) is 7.77. The Bertz CT molecular complexity index is 471. The number of fused-ring (bicyclic) bond motifs is 2. The number of anilines is 1. The molecular formula is C16H23N3O. The Hall–Kier alpha value is -1.58. The first-order chi connectivity index (χ1) is 9.76. The fraction of sp³-hybridized carbons (Fsp3) is 0.625. The average Bonchev–Trinajstić information content (AvgIpc) is 3.08. The van der Waals surface area contributed by atoms with Gasteiger partial charge in [0.15, 0.2) is 0 Å². The zero-order chi connectivity index (χ0) is 13.9. The van der Waals surface area contributed by atoms with Crippen molar-refractivity contribution >= 4 is 11.7 Å². The molecule has 20 heavy (non-hydrogen) atoms. The number of nitrogens with zero attached hydrogens (tertiary/aromatic N) is 1. The number of carbonyl (C=O) groups excluding carboxylic acids is 1. The lowest BCUT2D eigenvalue weighted by Gasteiger charge is -2.22. The summed E-state index contributed by atoms with van der Waals surface area (Å²) in [6.07, 6.45) is 7.85. The van der Waals surface area contributed by atoms with Crippen LogP contribution in [0.1, 0.15) is 49.4 Å². The summed E-state index contributed by atoms with van der Waals surface area (Å²) in [5.41, 5.74) is 0.662. The molecule has 2 aliphatic rings. The van der Waals surface area contributed by atoms with Crippen molar-refractivity contribution in [2.24, 2.45) is 11.8 Å². The molecule has 3 unspecified atom stereocenters. The molecule has 2 N–H and O–H groups in total. The quantitative estimate of drug-likeness (QED) is 0.867. The number of amides is 1. The summed E-state index contributed by atoms with van der Waals surface area (Å²) in [4.78, 5) is 16.5. The van der Waals surface area contributed by atoms with Crippen molar-refractivity contribution in [2.75, 3.05) is 11.9 Å². The highest BCUT2D eigenvalue weighted by atomic mass is 16.1. The minimum absolute atomic E-state index is 0.0251. The summed E-state index contributed by atoms with van der Waals surface area (Å²) in [5.74, 6) is 2.42. The van der Waals surface area contributed by atoms with Crippen LogP contribution in [0.4, 0.5) is 5.82 Å². The summed E-state index contributed by atoms with van der Waals surface area (Å²) in [6, 6.07) is 4.12. The number of carbonyl (C=O) groups is 1. The third-order valence-corrected chi connectivity index (χ3v) is 4.64. The molecule has 0 saturated heterocycles. The van der Waals surface area contributed by atoms with E-state index in [9.17, 15) is 4.79 Å². The van der Waals surface area contributed by atoms with Crippen LogP contribution in [0.5, 0.6) is 0 Å². The van der Waals surface area contributed by atoms with Crippen molar-refractivity contribution in [3.05, 3.63) is 23.9 Å². The topological polar surface area (TPSA) is 54.0 Å². The number of aromatic nitrogens is 1. The van der Waals surface area contributed by atoms with Gasteiger partial charge in [0.1, 0.15) is 5.82 Å². The average molecular weight is 273 g/mol. The van der Waals surface area contributed by atoms with Gasteiger partial charge in [-0.1, -0.05) is 13.3 Å². The molecule has 2 aliphatic carbocycles. The minimum Gasteiger partial charge on any atom is -0.370 e. The van der Waals surface area contributed by atoms with E-state index in [1.54, 1.807) is 6.20 Å². The number of pyridine rings is 1. The van der Waals surface area contributed by atoms with Crippen LogP contribution in [0.15, 0.2) is 18.3 Å². The lowest BCUT2D eigenvalue weighted by Crippen LogP contribution is -2.38. The van der Waals surface area contributed by atoms with E-state index >= 15 is 0 Å². The molecular weight excluding hydrogens is 250 g/mol. The van der Waals surface area contributed by atoms with Crippen LogP contribution in [0.2, 0.25) is 0 Å². The smallest absolute Gasteiger partial charge is 0.253 e. The van der Waals surface area contributed by atoms with E-state index in [-0.39, 0.29) is 5.91 Å². The molecule has 3 atom stereocenters. The third kappa shape index (κ3) is 2.79. The first-order valence-electron chi connectivity index (χ1n) is 7.77. The van der Waals surface area contributed by atoms with Crippen LogP contribution in [-0.2, 0) is 0 Å². The highest BCUT2D eigenvalue weighted by Crippen LogP contribution is 2.44. The molecule has 2 bridgehead atoms. The van der Waals surface area contributed by atoms with Gasteiger partial charge >= 0.3 is 0 Å². The van der Waals surface area contributed by atoms with Gasteiger partial charge in [-0.25, -0.2) is 4.98 Å². The highest BCUT2D eigenvalue weighted by Gasteiger charge is 2.40. The van der Waals surface area contributed by atoms with E-state index in [4.69, 9.17) is 0 Å². The lowest BCUT2D eigenvalue weighted by atomic mass is 9.95. The van der Waals surface area contributed by atoms with Gasteiger partial charge in [0, 0.05) is 18.8 Å². The van der Waals surface area contributed by atoms with Gasteiger partial charge in [0.2, 0.25) is 0 Å². The SMILES string of the molecule is CCCNc1ccc(C(=O)NC2CC3CCC2C3)cn1. The van der Waals surface area contributed by atoms with E-state index in [1.807, 2.05) is 12.1 Å². The Morgan fingerprint density at radius 1 is 1.35 bits per heavy atom. The molecule has 1 aromatic heterocycles. The molecule has 4 heteroatoms. The van der Waals surface area contributed by atoms with E-state index < -0.39 is 0 Å². The van der Waals surface area contributed by atoms with E-state index in [2.05, 4.69) is 22.5 Å². The lowest BCUT2D eigenvalue weighted by molar-refractivity contribution is 0.0922. The Morgan fingerprint density at radius 2 is 2.25 bits per heavy atom. The number of nitrogens with one attached hydrogen (secondary N) is 2. The second kappa shape index (κ2) is 5.81. The van der Waals surface area contributed by atoms with Gasteiger partial charge in [-0.15, -0.1) is 0 Å². The van der Waals surface area contributed by atoms with Gasteiger partial charge in [0.05, 0.1) is 5.56 Å². The molecule has 0 spiro atoms. The molecule has 0 aromatic carbocycles.